The Morgan fingerprint density at radius 1 is 1.08 bits per heavy atom. The summed E-state index contributed by atoms with van der Waals surface area (Å²) in [5.74, 6) is 0.380. The molecule has 2 heterocycles. The second kappa shape index (κ2) is 6.16. The fourth-order valence-corrected chi connectivity index (χ4v) is 4.58. The molecule has 4 rings (SSSR count). The minimum absolute atomic E-state index is 0.213. The summed E-state index contributed by atoms with van der Waals surface area (Å²) in [6.45, 7) is 10.5. The van der Waals surface area contributed by atoms with Gasteiger partial charge in [0.15, 0.2) is 0 Å². The van der Waals surface area contributed by atoms with E-state index in [2.05, 4.69) is 47.2 Å². The molecule has 2 saturated heterocycles. The van der Waals surface area contributed by atoms with Gasteiger partial charge in [-0.1, -0.05) is 29.3 Å². The van der Waals surface area contributed by atoms with Gasteiger partial charge >= 0.3 is 0 Å². The number of benzene rings is 1. The van der Waals surface area contributed by atoms with Crippen LogP contribution in [-0.4, -0.2) is 61.0 Å². The Labute approximate surface area is 145 Å². The van der Waals surface area contributed by atoms with Crippen molar-refractivity contribution in [3.63, 3.8) is 0 Å². The van der Waals surface area contributed by atoms with Gasteiger partial charge < -0.3 is 10.2 Å². The number of carbonyl (C=O) groups is 1. The Morgan fingerprint density at radius 3 is 2.38 bits per heavy atom. The number of nitrogens with one attached hydrogen (secondary N) is 1. The Hall–Kier alpha value is -1.39. The van der Waals surface area contributed by atoms with Crippen molar-refractivity contribution < 1.29 is 4.79 Å². The minimum atomic E-state index is -0.213. The molecule has 0 bridgehead atoms. The molecule has 1 aromatic rings. The maximum absolute atomic E-state index is 13.3. The van der Waals surface area contributed by atoms with Crippen LogP contribution in [0.2, 0.25) is 0 Å². The number of hydrogen-bond donors (Lipinski definition) is 1. The molecule has 0 spiro atoms. The summed E-state index contributed by atoms with van der Waals surface area (Å²) in [4.78, 5) is 18.0. The predicted molar refractivity (Wildman–Crippen MR) is 96.3 cm³/mol. The van der Waals surface area contributed by atoms with Crippen LogP contribution in [-0.2, 0) is 10.2 Å². The van der Waals surface area contributed by atoms with E-state index < -0.39 is 0 Å². The first-order valence-corrected chi connectivity index (χ1v) is 9.41. The van der Waals surface area contributed by atoms with Gasteiger partial charge in [0.05, 0.1) is 5.41 Å². The van der Waals surface area contributed by atoms with Crippen LogP contribution in [0, 0.1) is 13.8 Å². The normalized spacial score (nSPS) is 26.6. The summed E-state index contributed by atoms with van der Waals surface area (Å²) in [5, 5.41) is 3.42. The van der Waals surface area contributed by atoms with Crippen LogP contribution in [0.5, 0.6) is 0 Å². The lowest BCUT2D eigenvalue weighted by atomic mass is 9.91. The third-order valence-corrected chi connectivity index (χ3v) is 6.05. The minimum Gasteiger partial charge on any atom is -0.340 e. The summed E-state index contributed by atoms with van der Waals surface area (Å²) in [5.41, 5.74) is 3.57. The smallest absolute Gasteiger partial charge is 0.233 e. The average molecular weight is 327 g/mol. The van der Waals surface area contributed by atoms with Gasteiger partial charge in [0.2, 0.25) is 5.91 Å². The SMILES string of the molecule is Cc1cc(C)cc(C2(C(=O)N3CCC(N4CCNCC4)C3)CC2)c1. The molecule has 4 heteroatoms. The van der Waals surface area contributed by atoms with Crippen molar-refractivity contribution in [3.05, 3.63) is 34.9 Å². The van der Waals surface area contributed by atoms with Gasteiger partial charge in [0.1, 0.15) is 0 Å². The molecule has 0 radical (unpaired) electrons. The molecule has 130 valence electrons. The molecule has 3 aliphatic rings. The fraction of sp³-hybridized carbons (Fsp3) is 0.650. The molecular formula is C20H29N3O. The lowest BCUT2D eigenvalue weighted by molar-refractivity contribution is -0.133. The number of hydrogen-bond acceptors (Lipinski definition) is 3. The molecule has 1 amide bonds. The van der Waals surface area contributed by atoms with Crippen LogP contribution in [0.25, 0.3) is 0 Å². The van der Waals surface area contributed by atoms with Crippen molar-refractivity contribution in [2.24, 2.45) is 0 Å². The molecule has 1 aliphatic carbocycles. The first-order valence-electron chi connectivity index (χ1n) is 9.41. The summed E-state index contributed by atoms with van der Waals surface area (Å²) in [7, 11) is 0. The molecular weight excluding hydrogens is 298 g/mol. The zero-order valence-electron chi connectivity index (χ0n) is 15.0. The quantitative estimate of drug-likeness (QED) is 0.920. The molecule has 24 heavy (non-hydrogen) atoms. The van der Waals surface area contributed by atoms with Crippen molar-refractivity contribution in [2.75, 3.05) is 39.3 Å². The van der Waals surface area contributed by atoms with Gasteiger partial charge in [0, 0.05) is 45.3 Å². The Bertz CT molecular complexity index is 612. The number of carbonyl (C=O) groups excluding carboxylic acids is 1. The molecule has 2 aliphatic heterocycles. The molecule has 4 nitrogen and oxygen atoms in total. The Balaban J connectivity index is 1.47. The second-order valence-corrected chi connectivity index (χ2v) is 7.94. The van der Waals surface area contributed by atoms with E-state index in [-0.39, 0.29) is 5.41 Å². The van der Waals surface area contributed by atoms with E-state index >= 15 is 0 Å². The van der Waals surface area contributed by atoms with Gasteiger partial charge in [0.25, 0.3) is 0 Å². The van der Waals surface area contributed by atoms with E-state index in [0.29, 0.717) is 11.9 Å². The van der Waals surface area contributed by atoms with Gasteiger partial charge in [-0.3, -0.25) is 9.69 Å². The molecule has 1 atom stereocenters. The number of rotatable bonds is 3. The zero-order chi connectivity index (χ0) is 16.7. The largest absolute Gasteiger partial charge is 0.340 e. The summed E-state index contributed by atoms with van der Waals surface area (Å²) in [6.07, 6.45) is 3.17. The number of aryl methyl sites for hydroxylation is 2. The van der Waals surface area contributed by atoms with E-state index in [4.69, 9.17) is 0 Å². The average Bonchev–Trinajstić information content (AvgIpc) is 3.24. The molecule has 3 fully saturated rings. The first kappa shape index (κ1) is 16.1. The van der Waals surface area contributed by atoms with Gasteiger partial charge in [-0.2, -0.15) is 0 Å². The molecule has 1 N–H and O–H groups in total. The van der Waals surface area contributed by atoms with Crippen LogP contribution in [0.3, 0.4) is 0 Å². The number of nitrogens with zero attached hydrogens (tertiary/aromatic N) is 2. The number of piperazine rings is 1. The van der Waals surface area contributed by atoms with E-state index in [0.717, 1.165) is 58.5 Å². The maximum atomic E-state index is 13.3. The van der Waals surface area contributed by atoms with Crippen LogP contribution in [0.15, 0.2) is 18.2 Å². The fourth-order valence-electron chi connectivity index (χ4n) is 4.58. The van der Waals surface area contributed by atoms with Gasteiger partial charge in [-0.15, -0.1) is 0 Å². The molecule has 1 aromatic carbocycles. The van der Waals surface area contributed by atoms with Crippen molar-refractivity contribution >= 4 is 5.91 Å². The lowest BCUT2D eigenvalue weighted by Gasteiger charge is -2.33. The Morgan fingerprint density at radius 2 is 1.75 bits per heavy atom. The van der Waals surface area contributed by atoms with Gasteiger partial charge in [-0.05, 0) is 38.7 Å². The third-order valence-electron chi connectivity index (χ3n) is 6.05. The summed E-state index contributed by atoms with van der Waals surface area (Å²) < 4.78 is 0. The van der Waals surface area contributed by atoms with Crippen molar-refractivity contribution in [1.29, 1.82) is 0 Å². The van der Waals surface area contributed by atoms with E-state index in [9.17, 15) is 4.79 Å². The monoisotopic (exact) mass is 327 g/mol. The summed E-state index contributed by atoms with van der Waals surface area (Å²) in [6, 6.07) is 7.20. The van der Waals surface area contributed by atoms with Crippen LogP contribution in [0.4, 0.5) is 0 Å². The lowest BCUT2D eigenvalue weighted by Crippen LogP contribution is -2.49. The maximum Gasteiger partial charge on any atom is 0.233 e. The van der Waals surface area contributed by atoms with Crippen molar-refractivity contribution in [2.45, 2.75) is 44.6 Å². The molecule has 1 unspecified atom stereocenters. The highest BCUT2D eigenvalue weighted by molar-refractivity contribution is 5.91. The number of amides is 1. The highest BCUT2D eigenvalue weighted by atomic mass is 16.2. The van der Waals surface area contributed by atoms with E-state index in [1.54, 1.807) is 0 Å². The zero-order valence-corrected chi connectivity index (χ0v) is 15.0. The topological polar surface area (TPSA) is 35.6 Å². The van der Waals surface area contributed by atoms with Crippen molar-refractivity contribution in [3.8, 4) is 0 Å². The number of likely N-dealkylation sites (tertiary alicyclic amines) is 1. The van der Waals surface area contributed by atoms with Gasteiger partial charge in [-0.25, -0.2) is 0 Å². The predicted octanol–water partition coefficient (Wildman–Crippen LogP) is 1.84. The Kier molecular flexibility index (Phi) is 4.13. The second-order valence-electron chi connectivity index (χ2n) is 7.94. The van der Waals surface area contributed by atoms with Crippen molar-refractivity contribution in [1.82, 2.24) is 15.1 Å². The van der Waals surface area contributed by atoms with Crippen LogP contribution in [0.1, 0.15) is 36.0 Å². The van der Waals surface area contributed by atoms with E-state index in [1.807, 2.05) is 0 Å². The van der Waals surface area contributed by atoms with Crippen LogP contribution >= 0.6 is 0 Å². The molecule has 0 aromatic heterocycles. The standard InChI is InChI=1S/C20H29N3O/c1-15-11-16(2)13-17(12-15)20(4-5-20)19(24)23-8-3-18(14-23)22-9-6-21-7-10-22/h11-13,18,21H,3-10,14H2,1-2H3. The highest BCUT2D eigenvalue weighted by Crippen LogP contribution is 2.50. The summed E-state index contributed by atoms with van der Waals surface area (Å²) >= 11 is 0. The third kappa shape index (κ3) is 2.86. The van der Waals surface area contributed by atoms with Crippen LogP contribution < -0.4 is 5.32 Å². The van der Waals surface area contributed by atoms with E-state index in [1.165, 1.54) is 16.7 Å². The first-order chi connectivity index (χ1) is 11.6. The highest BCUT2D eigenvalue weighted by Gasteiger charge is 2.54. The molecule has 1 saturated carbocycles.